The highest BCUT2D eigenvalue weighted by Gasteiger charge is 2.48. The maximum absolute atomic E-state index is 13.1. The van der Waals surface area contributed by atoms with Crippen molar-refractivity contribution in [2.75, 3.05) is 13.7 Å². The van der Waals surface area contributed by atoms with Crippen LogP contribution in [-0.4, -0.2) is 46.6 Å². The Morgan fingerprint density at radius 1 is 1.06 bits per heavy atom. The van der Waals surface area contributed by atoms with Crippen LogP contribution in [0, 0.1) is 20.2 Å². The zero-order valence-electron chi connectivity index (χ0n) is 17.0. The van der Waals surface area contributed by atoms with Gasteiger partial charge in [0.2, 0.25) is 0 Å². The summed E-state index contributed by atoms with van der Waals surface area (Å²) >= 11 is 0. The number of carbonyl (C=O) groups excluding carboxylic acids is 3. The molecular weight excluding hydrogens is 426 g/mol. The van der Waals surface area contributed by atoms with Crippen molar-refractivity contribution >= 4 is 29.5 Å². The van der Waals surface area contributed by atoms with Gasteiger partial charge in [-0.3, -0.25) is 34.7 Å². The van der Waals surface area contributed by atoms with Crippen molar-refractivity contribution in [3.05, 3.63) is 67.3 Å². The number of aldehydes is 1. The van der Waals surface area contributed by atoms with Gasteiger partial charge in [-0.1, -0.05) is 6.07 Å². The summed E-state index contributed by atoms with van der Waals surface area (Å²) in [6, 6.07) is 5.24. The minimum absolute atomic E-state index is 0.293. The Morgan fingerprint density at radius 2 is 1.78 bits per heavy atom. The number of carbonyl (C=O) groups is 3. The van der Waals surface area contributed by atoms with Crippen LogP contribution >= 0.6 is 0 Å². The van der Waals surface area contributed by atoms with E-state index in [4.69, 9.17) is 9.47 Å². The molecule has 0 N–H and O–H groups in total. The molecule has 0 saturated carbocycles. The van der Waals surface area contributed by atoms with Gasteiger partial charge < -0.3 is 14.3 Å². The molecule has 0 spiro atoms. The summed E-state index contributed by atoms with van der Waals surface area (Å²) < 4.78 is 10.7. The van der Waals surface area contributed by atoms with Crippen molar-refractivity contribution in [3.8, 4) is 11.5 Å². The van der Waals surface area contributed by atoms with Crippen LogP contribution < -0.4 is 9.47 Å². The number of amides is 2. The molecule has 0 saturated heterocycles. The van der Waals surface area contributed by atoms with Crippen LogP contribution in [0.25, 0.3) is 0 Å². The van der Waals surface area contributed by atoms with Gasteiger partial charge in [0.1, 0.15) is 11.8 Å². The first kappa shape index (κ1) is 22.3. The average Bonchev–Trinajstić information content (AvgIpc) is 3.01. The lowest BCUT2D eigenvalue weighted by atomic mass is 10.0. The normalized spacial score (nSPS) is 13.5. The molecule has 0 radical (unpaired) electrons. The van der Waals surface area contributed by atoms with Gasteiger partial charge in [0.25, 0.3) is 11.8 Å². The van der Waals surface area contributed by atoms with E-state index in [2.05, 4.69) is 0 Å². The Balaban J connectivity index is 2.16. The van der Waals surface area contributed by atoms with Crippen molar-refractivity contribution in [1.29, 1.82) is 0 Å². The molecule has 2 aromatic rings. The summed E-state index contributed by atoms with van der Waals surface area (Å²) in [5.74, 6) is -1.31. The van der Waals surface area contributed by atoms with E-state index in [0.717, 1.165) is 12.1 Å². The molecule has 1 aliphatic heterocycles. The Kier molecular flexibility index (Phi) is 6.14. The summed E-state index contributed by atoms with van der Waals surface area (Å²) in [6.45, 7) is 2.03. The number of hydrogen-bond donors (Lipinski definition) is 0. The summed E-state index contributed by atoms with van der Waals surface area (Å²) in [5.41, 5.74) is -2.66. The fraction of sp³-hybridized carbons (Fsp3) is 0.250. The van der Waals surface area contributed by atoms with Gasteiger partial charge in [-0.2, -0.15) is 0 Å². The number of imide groups is 1. The van der Waals surface area contributed by atoms with E-state index < -0.39 is 44.6 Å². The lowest BCUT2D eigenvalue weighted by Gasteiger charge is -2.25. The summed E-state index contributed by atoms with van der Waals surface area (Å²) in [7, 11) is 1.43. The Morgan fingerprint density at radius 3 is 2.34 bits per heavy atom. The quantitative estimate of drug-likeness (QED) is 0.246. The second kappa shape index (κ2) is 8.79. The van der Waals surface area contributed by atoms with Crippen molar-refractivity contribution < 1.29 is 33.7 Å². The van der Waals surface area contributed by atoms with Crippen molar-refractivity contribution in [1.82, 2.24) is 4.90 Å². The molecule has 0 aliphatic carbocycles. The van der Waals surface area contributed by atoms with E-state index in [1.165, 1.54) is 25.3 Å². The SMILES string of the molecule is CCOc1cc(C(CC=O)N2C(=O)c3ccc([N+](=O)[O-])c([N+](=O)[O-])c3C2=O)ccc1OC. The third-order valence-electron chi connectivity index (χ3n) is 4.92. The van der Waals surface area contributed by atoms with Gasteiger partial charge in [0.15, 0.2) is 11.5 Å². The van der Waals surface area contributed by atoms with Crippen molar-refractivity contribution in [3.63, 3.8) is 0 Å². The first-order chi connectivity index (χ1) is 15.3. The third kappa shape index (κ3) is 3.62. The molecule has 0 aromatic heterocycles. The molecule has 1 unspecified atom stereocenters. The molecule has 2 amide bonds. The van der Waals surface area contributed by atoms with Crippen LogP contribution in [0.2, 0.25) is 0 Å². The minimum atomic E-state index is -1.12. The first-order valence-corrected chi connectivity index (χ1v) is 9.34. The Bertz CT molecular complexity index is 1150. The molecule has 3 rings (SSSR count). The van der Waals surface area contributed by atoms with Gasteiger partial charge in [-0.15, -0.1) is 0 Å². The monoisotopic (exact) mass is 443 g/mol. The zero-order chi connectivity index (χ0) is 23.6. The minimum Gasteiger partial charge on any atom is -0.493 e. The van der Waals surface area contributed by atoms with Crippen molar-refractivity contribution in [2.45, 2.75) is 19.4 Å². The van der Waals surface area contributed by atoms with Crippen LogP contribution in [0.1, 0.15) is 45.7 Å². The fourth-order valence-electron chi connectivity index (χ4n) is 3.58. The van der Waals surface area contributed by atoms with Gasteiger partial charge >= 0.3 is 11.4 Å². The standard InChI is InChI=1S/C20H17N3O9/c1-3-32-16-10-11(4-7-15(16)31-2)13(8-9-24)21-19(25)12-5-6-14(22(27)28)18(23(29)30)17(12)20(21)26/h4-7,9-10,13H,3,8H2,1-2H3. The maximum atomic E-state index is 13.1. The summed E-state index contributed by atoms with van der Waals surface area (Å²) in [4.78, 5) is 58.9. The molecule has 12 heteroatoms. The predicted octanol–water partition coefficient (Wildman–Crippen LogP) is 2.84. The molecule has 1 atom stereocenters. The van der Waals surface area contributed by atoms with E-state index in [0.29, 0.717) is 34.9 Å². The highest BCUT2D eigenvalue weighted by molar-refractivity contribution is 6.24. The zero-order valence-corrected chi connectivity index (χ0v) is 17.0. The lowest BCUT2D eigenvalue weighted by Crippen LogP contribution is -2.34. The van der Waals surface area contributed by atoms with Gasteiger partial charge in [-0.25, -0.2) is 0 Å². The van der Waals surface area contributed by atoms with Crippen molar-refractivity contribution in [2.24, 2.45) is 0 Å². The molecule has 1 aliphatic rings. The Hall–Kier alpha value is -4.35. The molecule has 2 aromatic carbocycles. The number of nitro benzene ring substituents is 2. The number of hydrogen-bond acceptors (Lipinski definition) is 9. The predicted molar refractivity (Wildman–Crippen MR) is 108 cm³/mol. The summed E-state index contributed by atoms with van der Waals surface area (Å²) in [5, 5.41) is 22.8. The van der Waals surface area contributed by atoms with Gasteiger partial charge in [-0.05, 0) is 30.7 Å². The largest absolute Gasteiger partial charge is 0.493 e. The number of methoxy groups -OCH3 is 1. The molecule has 12 nitrogen and oxygen atoms in total. The molecule has 32 heavy (non-hydrogen) atoms. The summed E-state index contributed by atoms with van der Waals surface area (Å²) in [6.07, 6.45) is 0.189. The Labute approximate surface area is 180 Å². The van der Waals surface area contributed by atoms with Crippen LogP contribution in [0.4, 0.5) is 11.4 Å². The third-order valence-corrected chi connectivity index (χ3v) is 4.92. The topological polar surface area (TPSA) is 159 Å². The van der Waals surface area contributed by atoms with Crippen LogP contribution in [0.5, 0.6) is 11.5 Å². The first-order valence-electron chi connectivity index (χ1n) is 9.34. The number of fused-ring (bicyclic) bond motifs is 1. The van der Waals surface area contributed by atoms with Crippen LogP contribution in [0.3, 0.4) is 0 Å². The molecular formula is C20H17N3O9. The van der Waals surface area contributed by atoms with E-state index in [1.807, 2.05) is 0 Å². The van der Waals surface area contributed by atoms with E-state index in [1.54, 1.807) is 6.92 Å². The lowest BCUT2D eigenvalue weighted by molar-refractivity contribution is -0.422. The number of nitrogens with zero attached hydrogens (tertiary/aromatic N) is 3. The molecule has 1 heterocycles. The second-order valence-corrected chi connectivity index (χ2v) is 6.61. The number of benzene rings is 2. The number of nitro groups is 2. The number of ether oxygens (including phenoxy) is 2. The molecule has 0 fully saturated rings. The van der Waals surface area contributed by atoms with E-state index >= 15 is 0 Å². The number of rotatable bonds is 9. The van der Waals surface area contributed by atoms with Crippen LogP contribution in [0.15, 0.2) is 30.3 Å². The fourth-order valence-corrected chi connectivity index (χ4v) is 3.58. The highest BCUT2D eigenvalue weighted by atomic mass is 16.6. The maximum Gasteiger partial charge on any atom is 0.359 e. The van der Waals surface area contributed by atoms with Crippen LogP contribution in [-0.2, 0) is 4.79 Å². The average molecular weight is 443 g/mol. The van der Waals surface area contributed by atoms with Gasteiger partial charge in [0.05, 0.1) is 35.2 Å². The smallest absolute Gasteiger partial charge is 0.359 e. The molecule has 0 bridgehead atoms. The van der Waals surface area contributed by atoms with Gasteiger partial charge in [0, 0.05) is 12.5 Å². The van der Waals surface area contributed by atoms with E-state index in [-0.39, 0.29) is 12.0 Å². The highest BCUT2D eigenvalue weighted by Crippen LogP contribution is 2.42. The molecule has 166 valence electrons. The second-order valence-electron chi connectivity index (χ2n) is 6.61. The van der Waals surface area contributed by atoms with E-state index in [9.17, 15) is 34.6 Å².